The number of benzene rings is 8. The number of methoxy groups -OCH3 is 1. The largest absolute Gasteiger partial charge is 0.508 e. The average molecular weight is 1380 g/mol. The summed E-state index contributed by atoms with van der Waals surface area (Å²) >= 11 is 5.89. The number of carboxylic acid groups (broad SMARTS) is 1. The van der Waals surface area contributed by atoms with Gasteiger partial charge in [-0.1, -0.05) is 140 Å². The fourth-order valence-electron chi connectivity index (χ4n) is 9.92. The second-order valence-corrected chi connectivity index (χ2v) is 23.2. The van der Waals surface area contributed by atoms with Crippen LogP contribution in [0.2, 0.25) is 5.02 Å². The maximum Gasteiger partial charge on any atom is 0.335 e. The molecule has 0 aliphatic rings. The summed E-state index contributed by atoms with van der Waals surface area (Å²) in [4.78, 5) is 99.2. The van der Waals surface area contributed by atoms with Crippen molar-refractivity contribution in [2.45, 2.75) is 73.1 Å². The molecule has 0 bridgehead atoms. The van der Waals surface area contributed by atoms with E-state index in [9.17, 15) is 47.9 Å². The molecule has 0 saturated heterocycles. The fourth-order valence-corrected chi connectivity index (χ4v) is 10.0. The van der Waals surface area contributed by atoms with Crippen molar-refractivity contribution in [1.29, 1.82) is 0 Å². The van der Waals surface area contributed by atoms with Gasteiger partial charge in [-0.25, -0.2) is 31.1 Å². The summed E-state index contributed by atoms with van der Waals surface area (Å²) in [6, 6.07) is 56.2. The number of Topliss-reactive ketones (excluding diaryl/α,β-unsaturated/α-hetero) is 3. The number of aromatic carboxylic acids is 1. The van der Waals surface area contributed by atoms with Gasteiger partial charge in [0.2, 0.25) is 0 Å². The first-order chi connectivity index (χ1) is 47.3. The molecule has 0 aromatic heterocycles. The minimum absolute atomic E-state index is 0.00310. The number of hydrogen-bond donors (Lipinski definition) is 10. The number of ether oxygens (including phenoxy) is 1. The molecule has 8 aromatic carbocycles. The van der Waals surface area contributed by atoms with Gasteiger partial charge in [-0.3, -0.25) is 74.0 Å². The molecule has 25 heteroatoms. The van der Waals surface area contributed by atoms with Gasteiger partial charge in [-0.05, 0) is 138 Å². The van der Waals surface area contributed by atoms with Crippen LogP contribution < -0.4 is 26.7 Å². The van der Waals surface area contributed by atoms with Crippen LogP contribution in [0.15, 0.2) is 201 Å². The Labute approximate surface area is 577 Å². The quantitative estimate of drug-likeness (QED) is 0.00865. The van der Waals surface area contributed by atoms with Crippen LogP contribution in [0.4, 0.5) is 4.39 Å². The first-order valence-electron chi connectivity index (χ1n) is 30.7. The molecule has 99 heavy (non-hydrogen) atoms. The summed E-state index contributed by atoms with van der Waals surface area (Å²) in [5.74, 6) is -2.79. The van der Waals surface area contributed by atoms with Crippen molar-refractivity contribution in [3.05, 3.63) is 284 Å². The van der Waals surface area contributed by atoms with E-state index < -0.39 is 29.6 Å². The molecule has 8 rings (SSSR count). The lowest BCUT2D eigenvalue weighted by Crippen LogP contribution is -2.35. The predicted molar refractivity (Wildman–Crippen MR) is 368 cm³/mol. The van der Waals surface area contributed by atoms with Gasteiger partial charge in [-0.15, -0.1) is 0 Å². The van der Waals surface area contributed by atoms with E-state index in [0.717, 1.165) is 50.3 Å². The van der Waals surface area contributed by atoms with Gasteiger partial charge in [0.1, 0.15) is 17.3 Å². The Morgan fingerprint density at radius 2 is 0.636 bits per heavy atom. The number of amides is 4. The Morgan fingerprint density at radius 3 is 0.909 bits per heavy atom. The van der Waals surface area contributed by atoms with Crippen molar-refractivity contribution in [1.82, 2.24) is 41.5 Å². The summed E-state index contributed by atoms with van der Waals surface area (Å²) in [5, 5.41) is 54.4. The van der Waals surface area contributed by atoms with E-state index in [1.54, 1.807) is 124 Å². The number of carbonyl (C=O) groups is 8. The van der Waals surface area contributed by atoms with E-state index in [1.165, 1.54) is 45.0 Å². The number of ketones is 3. The molecule has 0 radical (unpaired) electrons. The first kappa shape index (κ1) is 79.1. The number of hydrogen-bond acceptors (Lipinski definition) is 18. The lowest BCUT2D eigenvalue weighted by Gasteiger charge is -2.22. The second kappa shape index (κ2) is 41.5. The smallest absolute Gasteiger partial charge is 0.335 e. The molecule has 0 aliphatic heterocycles. The summed E-state index contributed by atoms with van der Waals surface area (Å²) < 4.78 is 18.2. The first-order valence-corrected chi connectivity index (χ1v) is 31.1. The maximum absolute atomic E-state index is 13.0. The van der Waals surface area contributed by atoms with E-state index in [-0.39, 0.29) is 60.7 Å². The highest BCUT2D eigenvalue weighted by molar-refractivity contribution is 6.30. The Balaban J connectivity index is 0.000000238. The lowest BCUT2D eigenvalue weighted by atomic mass is 10.1. The fraction of sp³-hybridized carbons (Fsp3) is 0.216. The van der Waals surface area contributed by atoms with Crippen molar-refractivity contribution in [2.75, 3.05) is 33.3 Å². The normalized spacial score (nSPS) is 10.6. The third-order valence-electron chi connectivity index (χ3n) is 14.6. The third kappa shape index (κ3) is 29.3. The summed E-state index contributed by atoms with van der Waals surface area (Å²) in [5.41, 5.74) is 16.2. The minimum Gasteiger partial charge on any atom is -0.508 e. The van der Waals surface area contributed by atoms with E-state index in [2.05, 4.69) is 6.58 Å². The molecule has 0 saturated carbocycles. The Kier molecular flexibility index (Phi) is 33.1. The minimum atomic E-state index is -1.03. The Bertz CT molecular complexity index is 3830. The topological polar surface area (TPSA) is 328 Å². The molecule has 8 aromatic rings. The van der Waals surface area contributed by atoms with Crippen LogP contribution in [0.25, 0.3) is 5.76 Å². The zero-order chi connectivity index (χ0) is 72.4. The summed E-state index contributed by atoms with van der Waals surface area (Å²) in [6.07, 6.45) is 0. The number of hydroxylamine groups is 4. The third-order valence-corrected chi connectivity index (χ3v) is 14.9. The highest BCUT2D eigenvalue weighted by Crippen LogP contribution is 2.20. The van der Waals surface area contributed by atoms with Gasteiger partial charge in [-0.2, -0.15) is 0 Å². The van der Waals surface area contributed by atoms with Gasteiger partial charge in [0.05, 0.1) is 38.9 Å². The molecule has 0 aliphatic carbocycles. The van der Waals surface area contributed by atoms with Crippen molar-refractivity contribution in [3.63, 3.8) is 0 Å². The molecular formula is C74H80ClFN8O15. The molecule has 4 amide bonds. The van der Waals surface area contributed by atoms with E-state index in [0.29, 0.717) is 79.6 Å². The van der Waals surface area contributed by atoms with E-state index >= 15 is 0 Å². The molecule has 23 nitrogen and oxygen atoms in total. The number of aliphatic hydroxyl groups excluding tert-OH is 1. The van der Waals surface area contributed by atoms with Crippen LogP contribution in [0.1, 0.15) is 112 Å². The van der Waals surface area contributed by atoms with Gasteiger partial charge < -0.3 is 14.9 Å². The van der Waals surface area contributed by atoms with Gasteiger partial charge >= 0.3 is 5.97 Å². The number of halogens is 2. The molecular weight excluding hydrogens is 1300 g/mol. The van der Waals surface area contributed by atoms with Crippen molar-refractivity contribution < 1.29 is 78.5 Å². The van der Waals surface area contributed by atoms with Crippen LogP contribution >= 0.6 is 11.6 Å². The SMILES string of the molecule is C=C(O)c1cccc(CN(CC(=O)NO)Cc2ccc(OC)cc2)c1.CC(=O)c1cccc(CN(CC(=O)NO)Cc2ccc(Cl)cc2)c1.CC(=O)c1cccc(CN(CC(=O)NO)Cc2ccc(F)cc2)c1.CC(=O)c1cccc(CN(CC(=O)NO)Cc2cccc(C(=O)O)c2)c1. The zero-order valence-corrected chi connectivity index (χ0v) is 55.8. The molecule has 0 fully saturated rings. The van der Waals surface area contributed by atoms with Crippen molar-refractivity contribution >= 4 is 64.3 Å². The van der Waals surface area contributed by atoms with E-state index in [1.807, 2.05) is 94.7 Å². The number of nitrogens with zero attached hydrogens (tertiary/aromatic N) is 4. The zero-order valence-electron chi connectivity index (χ0n) is 55.1. The molecule has 0 unspecified atom stereocenters. The number of nitrogens with one attached hydrogen (secondary N) is 4. The van der Waals surface area contributed by atoms with Gasteiger partial charge in [0.25, 0.3) is 23.6 Å². The molecule has 10 N–H and O–H groups in total. The summed E-state index contributed by atoms with van der Waals surface area (Å²) in [6.45, 7) is 11.4. The average Bonchev–Trinajstić information content (AvgIpc) is 1.01. The number of carbonyl (C=O) groups excluding carboxylic acids is 7. The van der Waals surface area contributed by atoms with Crippen molar-refractivity contribution in [2.24, 2.45) is 0 Å². The Hall–Kier alpha value is -10.6. The van der Waals surface area contributed by atoms with Crippen LogP contribution in [-0.4, -0.2) is 131 Å². The van der Waals surface area contributed by atoms with Crippen LogP contribution in [0.3, 0.4) is 0 Å². The highest BCUT2D eigenvalue weighted by atomic mass is 35.5. The van der Waals surface area contributed by atoms with Crippen LogP contribution in [0.5, 0.6) is 5.75 Å². The lowest BCUT2D eigenvalue weighted by molar-refractivity contribution is -0.131. The second-order valence-electron chi connectivity index (χ2n) is 22.7. The van der Waals surface area contributed by atoms with Crippen molar-refractivity contribution in [3.8, 4) is 5.75 Å². The number of carboxylic acids is 1. The molecule has 520 valence electrons. The van der Waals surface area contributed by atoms with Crippen LogP contribution in [-0.2, 0) is 71.5 Å². The Morgan fingerprint density at radius 1 is 0.384 bits per heavy atom. The highest BCUT2D eigenvalue weighted by Gasteiger charge is 2.18. The monoisotopic (exact) mass is 1370 g/mol. The maximum atomic E-state index is 13.0. The van der Waals surface area contributed by atoms with E-state index in [4.69, 9.17) is 42.3 Å². The summed E-state index contributed by atoms with van der Waals surface area (Å²) in [7, 11) is 1.61. The predicted octanol–water partition coefficient (Wildman–Crippen LogP) is 10.4. The molecule has 0 heterocycles. The standard InChI is InChI=1S/C19H20N2O5.C19H22N2O4.C18H19ClN2O3.C18H19FN2O3/c1-13(22)16-6-2-4-14(8-16)10-21(12-18(23)20-26)11-15-5-3-7-17(9-15)19(24)25;1-14(22)17-5-3-4-16(10-17)12-21(13-19(23)20-24)11-15-6-8-18(25-2)9-7-15;2*1-13(22)16-4-2-3-15(9-16)11-21(12-18(23)20-24)10-14-5-7-17(19)8-6-14/h2-9,26H,10-12H2,1H3,(H,20,23)(H,24,25);3-10,22,24H,1,11-13H2,2H3,(H,20,23);2*2-9,24H,10-12H2,1H3,(H,20,23). The molecule has 0 atom stereocenters. The van der Waals surface area contributed by atoms with Crippen LogP contribution in [0, 0.1) is 5.82 Å². The number of aliphatic hydroxyl groups is 1. The number of rotatable bonds is 30. The van der Waals surface area contributed by atoms with Gasteiger partial charge in [0, 0.05) is 79.6 Å². The van der Waals surface area contributed by atoms with Gasteiger partial charge in [0.15, 0.2) is 17.3 Å². The molecule has 0 spiro atoms.